The molecule has 1 N–H and O–H groups in total. The molecule has 1 amide bonds. The monoisotopic (exact) mass is 273 g/mol. The van der Waals surface area contributed by atoms with Crippen LogP contribution in [0.4, 0.5) is 4.39 Å². The van der Waals surface area contributed by atoms with Crippen molar-refractivity contribution in [1.29, 1.82) is 0 Å². The normalized spacial score (nSPS) is 9.94. The van der Waals surface area contributed by atoms with E-state index in [0.29, 0.717) is 0 Å². The number of benzene rings is 1. The molecule has 0 atom stereocenters. The average molecular weight is 274 g/mol. The smallest absolute Gasteiger partial charge is 0.307 e. The lowest BCUT2D eigenvalue weighted by molar-refractivity contribution is -0.140. The van der Waals surface area contributed by atoms with Crippen LogP contribution in [-0.4, -0.2) is 25.5 Å². The lowest BCUT2D eigenvalue weighted by Crippen LogP contribution is -2.28. The van der Waals surface area contributed by atoms with Crippen LogP contribution in [0.2, 0.25) is 5.02 Å². The van der Waals surface area contributed by atoms with E-state index in [4.69, 9.17) is 11.6 Å². The number of rotatable bonds is 5. The third-order valence-corrected chi connectivity index (χ3v) is 2.63. The zero-order chi connectivity index (χ0) is 13.5. The maximum atomic E-state index is 13.4. The third-order valence-electron chi connectivity index (χ3n) is 2.28. The second-order valence-electron chi connectivity index (χ2n) is 3.55. The molecular weight excluding hydrogens is 261 g/mol. The van der Waals surface area contributed by atoms with Crippen LogP contribution < -0.4 is 5.32 Å². The lowest BCUT2D eigenvalue weighted by Gasteiger charge is -2.07. The molecule has 0 unspecified atom stereocenters. The molecule has 1 aromatic carbocycles. The summed E-state index contributed by atoms with van der Waals surface area (Å²) in [5.41, 5.74) is 0.148. The second-order valence-corrected chi connectivity index (χ2v) is 3.96. The van der Waals surface area contributed by atoms with Crippen molar-refractivity contribution >= 4 is 23.5 Å². The highest BCUT2D eigenvalue weighted by atomic mass is 35.5. The van der Waals surface area contributed by atoms with Gasteiger partial charge >= 0.3 is 5.97 Å². The van der Waals surface area contributed by atoms with Gasteiger partial charge in [0.15, 0.2) is 0 Å². The zero-order valence-corrected chi connectivity index (χ0v) is 10.6. The Hall–Kier alpha value is -1.62. The molecule has 0 aromatic heterocycles. The molecule has 6 heteroatoms. The maximum absolute atomic E-state index is 13.4. The first kappa shape index (κ1) is 14.4. The summed E-state index contributed by atoms with van der Waals surface area (Å²) in [7, 11) is 1.27. The molecule has 1 aromatic rings. The third kappa shape index (κ3) is 4.33. The number of amides is 1. The van der Waals surface area contributed by atoms with Gasteiger partial charge in [0.1, 0.15) is 5.82 Å². The first-order valence-corrected chi connectivity index (χ1v) is 5.68. The molecule has 0 spiro atoms. The molecule has 0 fully saturated rings. The van der Waals surface area contributed by atoms with Gasteiger partial charge in [0.05, 0.1) is 20.0 Å². The van der Waals surface area contributed by atoms with E-state index < -0.39 is 17.7 Å². The van der Waals surface area contributed by atoms with Gasteiger partial charge in [-0.15, -0.1) is 0 Å². The molecule has 1 rings (SSSR count). The number of esters is 1. The number of hydrogen-bond acceptors (Lipinski definition) is 3. The minimum absolute atomic E-state index is 0.0766. The molecule has 18 heavy (non-hydrogen) atoms. The van der Waals surface area contributed by atoms with Gasteiger partial charge in [-0.25, -0.2) is 4.39 Å². The van der Waals surface area contributed by atoms with E-state index in [-0.39, 0.29) is 30.0 Å². The van der Waals surface area contributed by atoms with E-state index in [1.54, 1.807) is 0 Å². The molecule has 0 heterocycles. The molecule has 0 radical (unpaired) electrons. The van der Waals surface area contributed by atoms with Crippen molar-refractivity contribution < 1.29 is 18.7 Å². The highest BCUT2D eigenvalue weighted by Gasteiger charge is 2.11. The first-order valence-electron chi connectivity index (χ1n) is 5.31. The van der Waals surface area contributed by atoms with E-state index in [2.05, 4.69) is 10.1 Å². The number of ether oxygens (including phenoxy) is 1. The van der Waals surface area contributed by atoms with Crippen LogP contribution >= 0.6 is 11.6 Å². The fraction of sp³-hybridized carbons (Fsp3) is 0.333. The Morgan fingerprint density at radius 1 is 1.44 bits per heavy atom. The standard InChI is InChI=1S/C12H13ClFNO3/c1-18-12(17)5-6-15-11(16)7-8-9(13)3-2-4-10(8)14/h2-4H,5-7H2,1H3,(H,15,16). The quantitative estimate of drug-likeness (QED) is 0.831. The molecule has 0 aliphatic carbocycles. The van der Waals surface area contributed by atoms with Crippen LogP contribution in [0.5, 0.6) is 0 Å². The Morgan fingerprint density at radius 2 is 2.17 bits per heavy atom. The van der Waals surface area contributed by atoms with Gasteiger partial charge in [0, 0.05) is 17.1 Å². The van der Waals surface area contributed by atoms with Crippen LogP contribution in [-0.2, 0) is 20.7 Å². The summed E-state index contributed by atoms with van der Waals surface area (Å²) in [6, 6.07) is 4.22. The molecule has 0 saturated carbocycles. The fourth-order valence-electron chi connectivity index (χ4n) is 1.33. The van der Waals surface area contributed by atoms with Gasteiger partial charge < -0.3 is 10.1 Å². The van der Waals surface area contributed by atoms with Crippen molar-refractivity contribution in [3.63, 3.8) is 0 Å². The minimum Gasteiger partial charge on any atom is -0.469 e. The van der Waals surface area contributed by atoms with Crippen LogP contribution in [0.3, 0.4) is 0 Å². The number of methoxy groups -OCH3 is 1. The zero-order valence-electron chi connectivity index (χ0n) is 9.83. The van der Waals surface area contributed by atoms with Crippen LogP contribution in [0, 0.1) is 5.82 Å². The molecule has 0 saturated heterocycles. The van der Waals surface area contributed by atoms with Gasteiger partial charge in [0.25, 0.3) is 0 Å². The first-order chi connectivity index (χ1) is 8.54. The van der Waals surface area contributed by atoms with Crippen molar-refractivity contribution in [3.8, 4) is 0 Å². The van der Waals surface area contributed by atoms with Crippen LogP contribution in [0.15, 0.2) is 18.2 Å². The summed E-state index contributed by atoms with van der Waals surface area (Å²) in [5.74, 6) is -1.34. The van der Waals surface area contributed by atoms with Crippen molar-refractivity contribution in [1.82, 2.24) is 5.32 Å². The number of halogens is 2. The summed E-state index contributed by atoms with van der Waals surface area (Å²) in [5, 5.41) is 2.69. The minimum atomic E-state index is -0.523. The number of nitrogens with one attached hydrogen (secondary N) is 1. The summed E-state index contributed by atoms with van der Waals surface area (Å²) in [6.45, 7) is 0.150. The molecule has 0 aliphatic heterocycles. The Morgan fingerprint density at radius 3 is 2.78 bits per heavy atom. The average Bonchev–Trinajstić information content (AvgIpc) is 2.34. The topological polar surface area (TPSA) is 55.4 Å². The summed E-state index contributed by atoms with van der Waals surface area (Å²) >= 11 is 5.79. The molecular formula is C12H13ClFNO3. The summed E-state index contributed by atoms with van der Waals surface area (Å²) in [6.07, 6.45) is -0.0834. The predicted octanol–water partition coefficient (Wildman–Crippen LogP) is 1.70. The van der Waals surface area contributed by atoms with Crippen LogP contribution in [0.1, 0.15) is 12.0 Å². The highest BCUT2D eigenvalue weighted by Crippen LogP contribution is 2.19. The molecule has 0 aliphatic rings. The van der Waals surface area contributed by atoms with Gasteiger partial charge in [-0.05, 0) is 12.1 Å². The molecule has 4 nitrogen and oxygen atoms in total. The highest BCUT2D eigenvalue weighted by molar-refractivity contribution is 6.31. The molecule has 0 bridgehead atoms. The van der Waals surface area contributed by atoms with E-state index >= 15 is 0 Å². The number of carbonyl (C=O) groups excluding carboxylic acids is 2. The Bertz CT molecular complexity index is 431. The van der Waals surface area contributed by atoms with Crippen molar-refractivity contribution in [2.24, 2.45) is 0 Å². The number of carbonyl (C=O) groups is 2. The summed E-state index contributed by atoms with van der Waals surface area (Å²) < 4.78 is 17.8. The van der Waals surface area contributed by atoms with Gasteiger partial charge in [-0.2, -0.15) is 0 Å². The van der Waals surface area contributed by atoms with Crippen molar-refractivity contribution in [2.45, 2.75) is 12.8 Å². The van der Waals surface area contributed by atoms with Crippen LogP contribution in [0.25, 0.3) is 0 Å². The SMILES string of the molecule is COC(=O)CCNC(=O)Cc1c(F)cccc1Cl. The second kappa shape index (κ2) is 6.96. The maximum Gasteiger partial charge on any atom is 0.307 e. The van der Waals surface area contributed by atoms with E-state index in [9.17, 15) is 14.0 Å². The Balaban J connectivity index is 2.47. The Labute approximate surface area is 109 Å². The lowest BCUT2D eigenvalue weighted by atomic mass is 10.1. The van der Waals surface area contributed by atoms with Crippen molar-refractivity contribution in [3.05, 3.63) is 34.6 Å². The van der Waals surface area contributed by atoms with E-state index in [1.807, 2.05) is 0 Å². The van der Waals surface area contributed by atoms with E-state index in [0.717, 1.165) is 0 Å². The fourth-order valence-corrected chi connectivity index (χ4v) is 1.56. The van der Waals surface area contributed by atoms with Gasteiger partial charge in [0.2, 0.25) is 5.91 Å². The predicted molar refractivity (Wildman–Crippen MR) is 64.8 cm³/mol. The van der Waals surface area contributed by atoms with Gasteiger partial charge in [-0.1, -0.05) is 17.7 Å². The Kier molecular flexibility index (Phi) is 5.58. The summed E-state index contributed by atoms with van der Waals surface area (Å²) in [4.78, 5) is 22.3. The largest absolute Gasteiger partial charge is 0.469 e. The van der Waals surface area contributed by atoms with Crippen molar-refractivity contribution in [2.75, 3.05) is 13.7 Å². The number of hydrogen-bond donors (Lipinski definition) is 1. The molecule has 98 valence electrons. The van der Waals surface area contributed by atoms with E-state index in [1.165, 1.54) is 25.3 Å². The van der Waals surface area contributed by atoms with Gasteiger partial charge in [-0.3, -0.25) is 9.59 Å².